The molecule has 1 aromatic carbocycles. The highest BCUT2D eigenvalue weighted by Crippen LogP contribution is 2.25. The first-order valence-electron chi connectivity index (χ1n) is 5.94. The van der Waals surface area contributed by atoms with Gasteiger partial charge in [-0.05, 0) is 45.9 Å². The highest BCUT2D eigenvalue weighted by molar-refractivity contribution is 7.85. The molecule has 3 nitrogen and oxygen atoms in total. The fourth-order valence-electron chi connectivity index (χ4n) is 1.59. The van der Waals surface area contributed by atoms with E-state index in [1.54, 1.807) is 6.07 Å². The summed E-state index contributed by atoms with van der Waals surface area (Å²) in [6.45, 7) is 7.37. The summed E-state index contributed by atoms with van der Waals surface area (Å²) >= 11 is 0. The highest BCUT2D eigenvalue weighted by atomic mass is 32.2. The summed E-state index contributed by atoms with van der Waals surface area (Å²) in [6, 6.07) is 4.35. The average molecular weight is 281 g/mol. The van der Waals surface area contributed by atoms with Crippen LogP contribution in [0.2, 0.25) is 0 Å². The molecule has 1 atom stereocenters. The van der Waals surface area contributed by atoms with Crippen molar-refractivity contribution < 1.29 is 13.0 Å². The van der Waals surface area contributed by atoms with Gasteiger partial charge in [-0.1, -0.05) is 0 Å². The molecule has 1 heterocycles. The van der Waals surface area contributed by atoms with Gasteiger partial charge in [-0.25, -0.2) is 8.60 Å². The van der Waals surface area contributed by atoms with Crippen molar-refractivity contribution in [3.63, 3.8) is 0 Å². The van der Waals surface area contributed by atoms with Crippen LogP contribution in [-0.4, -0.2) is 15.2 Å². The van der Waals surface area contributed by atoms with Crippen LogP contribution in [0.15, 0.2) is 27.0 Å². The van der Waals surface area contributed by atoms with E-state index in [0.717, 1.165) is 5.56 Å². The third-order valence-corrected chi connectivity index (χ3v) is 4.07. The van der Waals surface area contributed by atoms with Gasteiger partial charge in [0, 0.05) is 10.9 Å². The van der Waals surface area contributed by atoms with Gasteiger partial charge < -0.3 is 4.42 Å². The predicted octanol–water partition coefficient (Wildman–Crippen LogP) is 3.76. The number of fused-ring (bicyclic) bond motifs is 1. The van der Waals surface area contributed by atoms with E-state index in [-0.39, 0.29) is 5.82 Å². The molecule has 0 fully saturated rings. The Hall–Kier alpha value is -1.49. The minimum absolute atomic E-state index is 0.307. The number of halogens is 1. The molecule has 0 saturated heterocycles. The molecule has 0 radical (unpaired) electrons. The van der Waals surface area contributed by atoms with Crippen molar-refractivity contribution in [1.29, 1.82) is 0 Å². The van der Waals surface area contributed by atoms with Crippen molar-refractivity contribution in [3.05, 3.63) is 35.3 Å². The Bertz CT molecular complexity index is 668. The zero-order valence-corrected chi connectivity index (χ0v) is 12.2. The van der Waals surface area contributed by atoms with Gasteiger partial charge in [-0.2, -0.15) is 4.40 Å². The normalized spacial score (nSPS) is 14.4. The molecule has 0 aliphatic heterocycles. The number of furan rings is 1. The van der Waals surface area contributed by atoms with Crippen molar-refractivity contribution in [2.24, 2.45) is 4.40 Å². The third kappa shape index (κ3) is 2.92. The summed E-state index contributed by atoms with van der Waals surface area (Å²) in [5, 5.41) is 0.711. The first-order valence-corrected chi connectivity index (χ1v) is 7.04. The van der Waals surface area contributed by atoms with Crippen LogP contribution in [0.4, 0.5) is 4.39 Å². The van der Waals surface area contributed by atoms with Crippen LogP contribution in [-0.2, 0) is 11.0 Å². The second-order valence-corrected chi connectivity index (χ2v) is 7.26. The zero-order valence-electron chi connectivity index (χ0n) is 11.4. The van der Waals surface area contributed by atoms with E-state index in [1.807, 2.05) is 27.7 Å². The first-order chi connectivity index (χ1) is 8.79. The number of aryl methyl sites for hydroxylation is 1. The molecule has 19 heavy (non-hydrogen) atoms. The van der Waals surface area contributed by atoms with Gasteiger partial charge in [-0.15, -0.1) is 0 Å². The van der Waals surface area contributed by atoms with Crippen LogP contribution in [0.5, 0.6) is 0 Å². The van der Waals surface area contributed by atoms with Gasteiger partial charge in [0.1, 0.15) is 28.1 Å². The summed E-state index contributed by atoms with van der Waals surface area (Å²) < 4.78 is 34.2. The smallest absolute Gasteiger partial charge is 0.150 e. The number of nitrogens with zero attached hydrogens (tertiary/aromatic N) is 1. The van der Waals surface area contributed by atoms with Crippen LogP contribution in [0.3, 0.4) is 0 Å². The maximum Gasteiger partial charge on any atom is 0.150 e. The molecule has 0 amide bonds. The van der Waals surface area contributed by atoms with Gasteiger partial charge in [0.2, 0.25) is 0 Å². The SMILES string of the molecule is Cc1c(C=NS(=O)C(C)(C)C)oc2ccc(F)cc12. The lowest BCUT2D eigenvalue weighted by atomic mass is 10.1. The molecule has 0 aliphatic carbocycles. The maximum absolute atomic E-state index is 13.2. The lowest BCUT2D eigenvalue weighted by Crippen LogP contribution is -2.19. The Morgan fingerprint density at radius 1 is 1.37 bits per heavy atom. The summed E-state index contributed by atoms with van der Waals surface area (Å²) in [4.78, 5) is 0. The molecule has 0 saturated carbocycles. The third-order valence-electron chi connectivity index (χ3n) is 2.72. The molecular weight excluding hydrogens is 265 g/mol. The van der Waals surface area contributed by atoms with E-state index in [1.165, 1.54) is 18.3 Å². The Balaban J connectivity index is 2.39. The molecule has 102 valence electrons. The molecule has 0 bridgehead atoms. The topological polar surface area (TPSA) is 42.6 Å². The van der Waals surface area contributed by atoms with Crippen molar-refractivity contribution in [1.82, 2.24) is 0 Å². The average Bonchev–Trinajstić information content (AvgIpc) is 2.62. The zero-order chi connectivity index (χ0) is 14.2. The molecular formula is C14H16FNO2S. The summed E-state index contributed by atoms with van der Waals surface area (Å²) in [5.74, 6) is 0.205. The van der Waals surface area contributed by atoms with E-state index in [9.17, 15) is 8.60 Å². The molecule has 1 unspecified atom stereocenters. The lowest BCUT2D eigenvalue weighted by Gasteiger charge is -2.12. The Labute approximate surface area is 114 Å². The lowest BCUT2D eigenvalue weighted by molar-refractivity contribution is 0.601. The summed E-state index contributed by atoms with van der Waals surface area (Å²) in [7, 11) is -1.34. The second-order valence-electron chi connectivity index (χ2n) is 5.33. The Morgan fingerprint density at radius 3 is 2.68 bits per heavy atom. The largest absolute Gasteiger partial charge is 0.455 e. The Morgan fingerprint density at radius 2 is 2.05 bits per heavy atom. The summed E-state index contributed by atoms with van der Waals surface area (Å²) in [6.07, 6.45) is 1.45. The van der Waals surface area contributed by atoms with Crippen molar-refractivity contribution >= 4 is 28.2 Å². The van der Waals surface area contributed by atoms with E-state index in [2.05, 4.69) is 4.40 Å². The number of hydrogen-bond donors (Lipinski definition) is 0. The van der Waals surface area contributed by atoms with Crippen molar-refractivity contribution in [2.75, 3.05) is 0 Å². The van der Waals surface area contributed by atoms with E-state index >= 15 is 0 Å². The maximum atomic E-state index is 13.2. The molecule has 0 N–H and O–H groups in total. The van der Waals surface area contributed by atoms with Crippen LogP contribution < -0.4 is 0 Å². The number of benzene rings is 1. The fraction of sp³-hybridized carbons (Fsp3) is 0.357. The van der Waals surface area contributed by atoms with Gasteiger partial charge in [0.25, 0.3) is 0 Å². The van der Waals surface area contributed by atoms with Crippen LogP contribution in [0, 0.1) is 12.7 Å². The van der Waals surface area contributed by atoms with Crippen molar-refractivity contribution in [2.45, 2.75) is 32.4 Å². The van der Waals surface area contributed by atoms with Crippen LogP contribution in [0.1, 0.15) is 32.1 Å². The number of hydrogen-bond acceptors (Lipinski definition) is 2. The van der Waals surface area contributed by atoms with Gasteiger partial charge in [0.05, 0.1) is 11.0 Å². The minimum atomic E-state index is -1.34. The molecule has 5 heteroatoms. The second kappa shape index (κ2) is 4.89. The predicted molar refractivity (Wildman–Crippen MR) is 76.4 cm³/mol. The highest BCUT2D eigenvalue weighted by Gasteiger charge is 2.18. The molecule has 2 aromatic rings. The molecule has 1 aromatic heterocycles. The fourth-order valence-corrected chi connectivity index (χ4v) is 2.10. The standard InChI is InChI=1S/C14H16FNO2S/c1-9-11-7-10(15)5-6-12(11)18-13(9)8-16-19(17)14(2,3)4/h5-8H,1-4H3. The van der Waals surface area contributed by atoms with Crippen molar-refractivity contribution in [3.8, 4) is 0 Å². The van der Waals surface area contributed by atoms with Gasteiger partial charge in [0.15, 0.2) is 0 Å². The quantitative estimate of drug-likeness (QED) is 0.786. The molecule has 0 spiro atoms. The van der Waals surface area contributed by atoms with Gasteiger partial charge in [-0.3, -0.25) is 0 Å². The van der Waals surface area contributed by atoms with Gasteiger partial charge >= 0.3 is 0 Å². The van der Waals surface area contributed by atoms with Crippen LogP contribution in [0.25, 0.3) is 11.0 Å². The molecule has 2 rings (SSSR count). The summed E-state index contributed by atoms with van der Waals surface area (Å²) in [5.41, 5.74) is 1.39. The Kier molecular flexibility index (Phi) is 3.58. The van der Waals surface area contributed by atoms with Crippen LogP contribution >= 0.6 is 0 Å². The van der Waals surface area contributed by atoms with E-state index in [4.69, 9.17) is 4.42 Å². The minimum Gasteiger partial charge on any atom is -0.455 e. The van der Waals surface area contributed by atoms with E-state index < -0.39 is 15.7 Å². The first kappa shape index (κ1) is 13.9. The number of rotatable bonds is 2. The monoisotopic (exact) mass is 281 g/mol. The molecule has 0 aliphatic rings. The van der Waals surface area contributed by atoms with E-state index in [0.29, 0.717) is 16.7 Å².